The summed E-state index contributed by atoms with van der Waals surface area (Å²) in [6.07, 6.45) is 0.398. The van der Waals surface area contributed by atoms with Gasteiger partial charge in [-0.15, -0.1) is 0 Å². The van der Waals surface area contributed by atoms with Crippen molar-refractivity contribution in [3.05, 3.63) is 99.0 Å². The fourth-order valence-electron chi connectivity index (χ4n) is 5.50. The molecule has 0 spiro atoms. The van der Waals surface area contributed by atoms with E-state index in [0.717, 1.165) is 11.6 Å². The lowest BCUT2D eigenvalue weighted by molar-refractivity contribution is -0.118. The smallest absolute Gasteiger partial charge is 0.242 e. The van der Waals surface area contributed by atoms with Gasteiger partial charge >= 0.3 is 0 Å². The maximum absolute atomic E-state index is 15.7. The van der Waals surface area contributed by atoms with E-state index in [0.29, 0.717) is 12.1 Å². The summed E-state index contributed by atoms with van der Waals surface area (Å²) in [5, 5.41) is 17.1. The van der Waals surface area contributed by atoms with E-state index >= 15 is 8.78 Å². The van der Waals surface area contributed by atoms with E-state index < -0.39 is 41.0 Å². The molecule has 4 atom stereocenters. The number of anilines is 1. The normalized spacial score (nSPS) is 23.2. The van der Waals surface area contributed by atoms with Gasteiger partial charge in [0.25, 0.3) is 0 Å². The molecule has 0 aliphatic carbocycles. The van der Waals surface area contributed by atoms with Crippen molar-refractivity contribution in [1.82, 2.24) is 5.32 Å². The molecule has 4 rings (SSSR count). The Balaban J connectivity index is 1.97. The number of nitriles is 1. The summed E-state index contributed by atoms with van der Waals surface area (Å²) in [5.41, 5.74) is -0.381. The summed E-state index contributed by atoms with van der Waals surface area (Å²) >= 11 is 12.2. The minimum atomic E-state index is -1.66. The molecule has 4 nitrogen and oxygen atoms in total. The van der Waals surface area contributed by atoms with E-state index in [-0.39, 0.29) is 26.6 Å². The van der Waals surface area contributed by atoms with Gasteiger partial charge in [-0.05, 0) is 60.2 Å². The molecule has 1 saturated heterocycles. The van der Waals surface area contributed by atoms with Crippen LogP contribution in [0.25, 0.3) is 0 Å². The molecule has 1 aliphatic rings. The topological polar surface area (TPSA) is 64.9 Å². The molecule has 3 aromatic carbocycles. The van der Waals surface area contributed by atoms with Crippen LogP contribution in [0.15, 0.2) is 60.7 Å². The van der Waals surface area contributed by atoms with Crippen LogP contribution in [-0.2, 0) is 10.2 Å². The molecular weight excluding hydrogens is 527 g/mol. The predicted molar refractivity (Wildman–Crippen MR) is 147 cm³/mol. The Hall–Kier alpha value is -2.98. The quantitative estimate of drug-likeness (QED) is 0.341. The van der Waals surface area contributed by atoms with Crippen LogP contribution in [-0.4, -0.2) is 18.0 Å². The van der Waals surface area contributed by atoms with E-state index in [9.17, 15) is 10.1 Å². The summed E-state index contributed by atoms with van der Waals surface area (Å²) in [6.45, 7) is 7.87. The van der Waals surface area contributed by atoms with Gasteiger partial charge in [-0.25, -0.2) is 8.78 Å². The van der Waals surface area contributed by atoms with Gasteiger partial charge in [0.05, 0.1) is 17.1 Å². The third-order valence-corrected chi connectivity index (χ3v) is 7.54. The monoisotopic (exact) mass is 555 g/mol. The Morgan fingerprint density at radius 2 is 1.82 bits per heavy atom. The number of nitrogens with zero attached hydrogens (tertiary/aromatic N) is 1. The van der Waals surface area contributed by atoms with Gasteiger partial charge in [0.1, 0.15) is 17.0 Å². The molecule has 1 aliphatic heterocycles. The van der Waals surface area contributed by atoms with Crippen molar-refractivity contribution in [1.29, 1.82) is 5.26 Å². The first-order chi connectivity index (χ1) is 17.9. The van der Waals surface area contributed by atoms with Crippen LogP contribution in [0.4, 0.5) is 14.5 Å². The van der Waals surface area contributed by atoms with E-state index in [1.54, 1.807) is 12.1 Å². The van der Waals surface area contributed by atoms with Gasteiger partial charge in [0, 0.05) is 28.2 Å². The maximum Gasteiger partial charge on any atom is 0.242 e. The molecule has 1 amide bonds. The summed E-state index contributed by atoms with van der Waals surface area (Å²) in [6, 6.07) is 16.4. The Morgan fingerprint density at radius 1 is 1.11 bits per heavy atom. The number of rotatable bonds is 5. The number of hydrogen-bond donors (Lipinski definition) is 2. The summed E-state index contributed by atoms with van der Waals surface area (Å²) in [7, 11) is 0. The summed E-state index contributed by atoms with van der Waals surface area (Å²) in [5.74, 6) is -3.03. The molecule has 1 fully saturated rings. The van der Waals surface area contributed by atoms with E-state index in [1.165, 1.54) is 24.3 Å². The second-order valence-electron chi connectivity index (χ2n) is 11.0. The number of benzene rings is 3. The largest absolute Gasteiger partial charge is 0.325 e. The highest BCUT2D eigenvalue weighted by molar-refractivity contribution is 6.31. The number of halogens is 4. The van der Waals surface area contributed by atoms with Gasteiger partial charge < -0.3 is 10.6 Å². The van der Waals surface area contributed by atoms with Gasteiger partial charge in [0.2, 0.25) is 5.91 Å². The molecule has 0 bridgehead atoms. The van der Waals surface area contributed by atoms with Crippen LogP contribution >= 0.6 is 23.2 Å². The molecule has 38 heavy (non-hydrogen) atoms. The molecule has 8 heteroatoms. The molecule has 0 aromatic heterocycles. The standard InChI is InChI=1S/C30H29Cl2F2N3O/c1-17-7-5-8-19(13-17)36-28(38)27-25(20-9-6-10-22(32)26(20)34)30(16-35,24(37-27)15-29(2,3)4)21-12-11-18(31)14-23(21)33/h5-14,24-25,27,37H,15H2,1-4H3,(H,36,38)/t24?,25?,27-,30+/m1/s1. The third kappa shape index (κ3) is 5.29. The van der Waals surface area contributed by atoms with Crippen molar-refractivity contribution in [3.8, 4) is 6.07 Å². The Morgan fingerprint density at radius 3 is 2.45 bits per heavy atom. The van der Waals surface area contributed by atoms with Crippen LogP contribution < -0.4 is 10.6 Å². The fourth-order valence-corrected chi connectivity index (χ4v) is 5.84. The number of carbonyl (C=O) groups excluding carboxylic acids is 1. The molecule has 198 valence electrons. The summed E-state index contributed by atoms with van der Waals surface area (Å²) in [4.78, 5) is 13.8. The molecule has 3 aromatic rings. The van der Waals surface area contributed by atoms with Gasteiger partial charge in [-0.1, -0.05) is 74.3 Å². The lowest BCUT2D eigenvalue weighted by Crippen LogP contribution is -2.45. The Kier molecular flexibility index (Phi) is 7.86. The second kappa shape index (κ2) is 10.6. The highest BCUT2D eigenvalue weighted by Crippen LogP contribution is 2.52. The van der Waals surface area contributed by atoms with Crippen molar-refractivity contribution in [2.45, 2.75) is 57.5 Å². The average Bonchev–Trinajstić information content (AvgIpc) is 3.14. The SMILES string of the molecule is Cc1cccc(NC(=O)[C@@H]2NC(CC(C)(C)C)[C@](C#N)(c3ccc(Cl)cc3F)C2c2cccc(Cl)c2F)c1. The minimum absolute atomic E-state index is 0.0429. The predicted octanol–water partition coefficient (Wildman–Crippen LogP) is 7.54. The second-order valence-corrected chi connectivity index (χ2v) is 11.9. The van der Waals surface area contributed by atoms with E-state index in [1.807, 2.05) is 45.9 Å². The van der Waals surface area contributed by atoms with Crippen LogP contribution in [0.2, 0.25) is 10.0 Å². The zero-order chi connectivity index (χ0) is 27.8. The first-order valence-electron chi connectivity index (χ1n) is 12.3. The number of amides is 1. The zero-order valence-electron chi connectivity index (χ0n) is 21.6. The van der Waals surface area contributed by atoms with Crippen molar-refractivity contribution in [2.75, 3.05) is 5.32 Å². The van der Waals surface area contributed by atoms with E-state index in [4.69, 9.17) is 23.2 Å². The molecular formula is C30H29Cl2F2N3O. The van der Waals surface area contributed by atoms with Crippen molar-refractivity contribution in [2.24, 2.45) is 5.41 Å². The Bertz CT molecular complexity index is 1420. The van der Waals surface area contributed by atoms with Crippen LogP contribution in [0.3, 0.4) is 0 Å². The first-order valence-corrected chi connectivity index (χ1v) is 13.1. The molecule has 1 heterocycles. The number of hydrogen-bond acceptors (Lipinski definition) is 3. The first kappa shape index (κ1) is 28.0. The highest BCUT2D eigenvalue weighted by atomic mass is 35.5. The van der Waals surface area contributed by atoms with Gasteiger partial charge in [-0.2, -0.15) is 5.26 Å². The van der Waals surface area contributed by atoms with Crippen molar-refractivity contribution < 1.29 is 13.6 Å². The average molecular weight is 556 g/mol. The van der Waals surface area contributed by atoms with Gasteiger partial charge in [0.15, 0.2) is 0 Å². The molecule has 2 unspecified atom stereocenters. The lowest BCUT2D eigenvalue weighted by Gasteiger charge is -2.37. The number of carbonyl (C=O) groups is 1. The van der Waals surface area contributed by atoms with E-state index in [2.05, 4.69) is 16.7 Å². The Labute approximate surface area is 232 Å². The van der Waals surface area contributed by atoms with Crippen molar-refractivity contribution in [3.63, 3.8) is 0 Å². The minimum Gasteiger partial charge on any atom is -0.325 e. The van der Waals surface area contributed by atoms with Crippen LogP contribution in [0, 0.1) is 35.3 Å². The maximum atomic E-state index is 15.7. The van der Waals surface area contributed by atoms with Gasteiger partial charge in [-0.3, -0.25) is 4.79 Å². The summed E-state index contributed by atoms with van der Waals surface area (Å²) < 4.78 is 31.3. The lowest BCUT2D eigenvalue weighted by atomic mass is 9.62. The molecule has 0 radical (unpaired) electrons. The molecule has 2 N–H and O–H groups in total. The number of aryl methyl sites for hydroxylation is 1. The molecule has 0 saturated carbocycles. The van der Waals surface area contributed by atoms with Crippen molar-refractivity contribution >= 4 is 34.8 Å². The van der Waals surface area contributed by atoms with Crippen LogP contribution in [0.5, 0.6) is 0 Å². The van der Waals surface area contributed by atoms with Crippen LogP contribution in [0.1, 0.15) is 49.8 Å². The fraction of sp³-hybridized carbons (Fsp3) is 0.333. The highest BCUT2D eigenvalue weighted by Gasteiger charge is 2.61. The third-order valence-electron chi connectivity index (χ3n) is 7.02. The number of nitrogens with one attached hydrogen (secondary N) is 2. The zero-order valence-corrected chi connectivity index (χ0v) is 23.1.